The number of esters is 2. The number of carbonyl (C=O) groups is 2. The molecule has 0 aromatic rings. The topological polar surface area (TPSA) is 186 Å². The molecule has 0 amide bonds. The van der Waals surface area contributed by atoms with Crippen LogP contribution in [0, 0.1) is 0 Å². The molecule has 1 heterocycles. The van der Waals surface area contributed by atoms with E-state index in [-0.39, 0.29) is 19.4 Å². The van der Waals surface area contributed by atoms with Crippen molar-refractivity contribution in [3.05, 3.63) is 24.3 Å². The Morgan fingerprint density at radius 3 is 1.69 bits per heavy atom. The van der Waals surface area contributed by atoms with E-state index in [0.29, 0.717) is 12.8 Å². The average Bonchev–Trinajstić information content (AvgIpc) is 3.13. The fraction of sp³-hybridized carbons (Fsp3) is 0.854. The molecule has 1 fully saturated rings. The zero-order chi connectivity index (χ0) is 39.9. The second kappa shape index (κ2) is 32.2. The van der Waals surface area contributed by atoms with Crippen molar-refractivity contribution in [2.75, 3.05) is 19.0 Å². The number of aliphatic hydroxyl groups is 3. The molecule has 0 bridgehead atoms. The van der Waals surface area contributed by atoms with Crippen molar-refractivity contribution in [3.8, 4) is 0 Å². The first-order valence-corrected chi connectivity index (χ1v) is 22.5. The molecule has 6 atom stereocenters. The molecule has 1 saturated heterocycles. The largest absolute Gasteiger partial charge is 0.462 e. The summed E-state index contributed by atoms with van der Waals surface area (Å²) in [5, 5.41) is 30.8. The Morgan fingerprint density at radius 1 is 0.630 bits per heavy atom. The smallest absolute Gasteiger partial charge is 0.306 e. The third-order valence-corrected chi connectivity index (χ3v) is 10.3. The molecule has 1 aliphatic rings. The van der Waals surface area contributed by atoms with E-state index in [4.69, 9.17) is 18.9 Å². The lowest BCUT2D eigenvalue weighted by Crippen LogP contribution is -2.60. The van der Waals surface area contributed by atoms with E-state index in [1.807, 2.05) is 0 Å². The van der Waals surface area contributed by atoms with Gasteiger partial charge in [-0.25, -0.2) is 0 Å². The number of carbonyl (C=O) groups excluding carboxylic acids is 2. The molecule has 0 aliphatic carbocycles. The Kier molecular flexibility index (Phi) is 29.9. The third kappa shape index (κ3) is 26.9. The van der Waals surface area contributed by atoms with Gasteiger partial charge in [-0.15, -0.1) is 0 Å². The molecule has 0 saturated carbocycles. The number of hydrogen-bond donors (Lipinski definition) is 4. The van der Waals surface area contributed by atoms with Crippen LogP contribution < -0.4 is 0 Å². The third-order valence-electron chi connectivity index (χ3n) is 9.53. The first kappa shape index (κ1) is 50.1. The summed E-state index contributed by atoms with van der Waals surface area (Å²) in [6.45, 7) is 3.69. The van der Waals surface area contributed by atoms with Crippen LogP contribution in [0.4, 0.5) is 0 Å². The van der Waals surface area contributed by atoms with E-state index in [2.05, 4.69) is 38.2 Å². The van der Waals surface area contributed by atoms with Crippen molar-refractivity contribution >= 4 is 22.1 Å². The minimum Gasteiger partial charge on any atom is -0.462 e. The van der Waals surface area contributed by atoms with Gasteiger partial charge in [0.25, 0.3) is 10.1 Å². The summed E-state index contributed by atoms with van der Waals surface area (Å²) >= 11 is 0. The lowest BCUT2D eigenvalue weighted by Gasteiger charge is -2.40. The van der Waals surface area contributed by atoms with Crippen LogP contribution in [0.15, 0.2) is 24.3 Å². The molecule has 1 rings (SSSR count). The van der Waals surface area contributed by atoms with Gasteiger partial charge in [0, 0.05) is 12.8 Å². The maximum atomic E-state index is 12.8. The van der Waals surface area contributed by atoms with Crippen molar-refractivity contribution in [2.45, 2.75) is 205 Å². The first-order valence-electron chi connectivity index (χ1n) is 20.9. The zero-order valence-corrected chi connectivity index (χ0v) is 34.1. The zero-order valence-electron chi connectivity index (χ0n) is 33.3. The molecule has 0 aromatic carbocycles. The summed E-state index contributed by atoms with van der Waals surface area (Å²) in [6.07, 6.45) is 23.7. The van der Waals surface area contributed by atoms with E-state index >= 15 is 0 Å². The highest BCUT2D eigenvalue weighted by atomic mass is 32.2. The molecule has 54 heavy (non-hydrogen) atoms. The van der Waals surface area contributed by atoms with Gasteiger partial charge in [-0.3, -0.25) is 14.1 Å². The number of unbranched alkanes of at least 4 members (excludes halogenated alkanes) is 18. The van der Waals surface area contributed by atoms with E-state index < -0.39 is 71.2 Å². The molecule has 4 N–H and O–H groups in total. The lowest BCUT2D eigenvalue weighted by atomic mass is 10.00. The highest BCUT2D eigenvalue weighted by Crippen LogP contribution is 2.24. The molecule has 316 valence electrons. The van der Waals surface area contributed by atoms with Crippen molar-refractivity contribution in [2.24, 2.45) is 0 Å². The van der Waals surface area contributed by atoms with Crippen LogP contribution in [0.3, 0.4) is 0 Å². The van der Waals surface area contributed by atoms with Gasteiger partial charge in [-0.05, 0) is 38.5 Å². The Bertz CT molecular complexity index is 1110. The average molecular weight is 791 g/mol. The van der Waals surface area contributed by atoms with Gasteiger partial charge in [-0.2, -0.15) is 8.42 Å². The van der Waals surface area contributed by atoms with Gasteiger partial charge in [0.15, 0.2) is 12.4 Å². The van der Waals surface area contributed by atoms with E-state index in [1.54, 1.807) is 0 Å². The predicted molar refractivity (Wildman–Crippen MR) is 210 cm³/mol. The van der Waals surface area contributed by atoms with Crippen molar-refractivity contribution in [1.82, 2.24) is 0 Å². The van der Waals surface area contributed by atoms with Crippen molar-refractivity contribution < 1.29 is 56.8 Å². The van der Waals surface area contributed by atoms with Gasteiger partial charge in [0.1, 0.15) is 36.8 Å². The normalized spacial score (nSPS) is 21.2. The van der Waals surface area contributed by atoms with Gasteiger partial charge < -0.3 is 34.3 Å². The molecule has 1 aliphatic heterocycles. The van der Waals surface area contributed by atoms with Crippen LogP contribution in [-0.4, -0.2) is 96.0 Å². The van der Waals surface area contributed by atoms with E-state index in [1.165, 1.54) is 64.2 Å². The Balaban J connectivity index is 2.50. The van der Waals surface area contributed by atoms with Crippen LogP contribution >= 0.6 is 0 Å². The van der Waals surface area contributed by atoms with Crippen molar-refractivity contribution in [1.29, 1.82) is 0 Å². The van der Waals surface area contributed by atoms with E-state index in [9.17, 15) is 37.9 Å². The quantitative estimate of drug-likeness (QED) is 0.0216. The number of ether oxygens (including phenoxy) is 4. The molecular formula is C41H74O12S. The fourth-order valence-corrected chi connectivity index (χ4v) is 6.91. The second-order valence-electron chi connectivity index (χ2n) is 14.7. The maximum Gasteiger partial charge on any atom is 0.306 e. The van der Waals surface area contributed by atoms with Gasteiger partial charge >= 0.3 is 11.9 Å². The minimum absolute atomic E-state index is 0.150. The maximum absolute atomic E-state index is 12.8. The Hall–Kier alpha value is -1.87. The van der Waals surface area contributed by atoms with E-state index in [0.717, 1.165) is 64.2 Å². The molecule has 0 spiro atoms. The minimum atomic E-state index is -4.60. The number of rotatable bonds is 34. The van der Waals surface area contributed by atoms with Gasteiger partial charge in [0.2, 0.25) is 0 Å². The summed E-state index contributed by atoms with van der Waals surface area (Å²) in [5.41, 5.74) is 0. The van der Waals surface area contributed by atoms with Gasteiger partial charge in [0.05, 0.1) is 6.61 Å². The molecule has 13 heteroatoms. The Labute approximate surface area is 326 Å². The molecule has 2 unspecified atom stereocenters. The summed E-state index contributed by atoms with van der Waals surface area (Å²) in [6, 6.07) is 0. The van der Waals surface area contributed by atoms with Gasteiger partial charge in [-0.1, -0.05) is 141 Å². The highest BCUT2D eigenvalue weighted by molar-refractivity contribution is 7.85. The monoisotopic (exact) mass is 790 g/mol. The van der Waals surface area contributed by atoms with Crippen LogP contribution in [0.1, 0.15) is 168 Å². The summed E-state index contributed by atoms with van der Waals surface area (Å²) in [4.78, 5) is 25.3. The molecule has 12 nitrogen and oxygen atoms in total. The lowest BCUT2D eigenvalue weighted by molar-refractivity contribution is -0.297. The second-order valence-corrected chi connectivity index (χ2v) is 16.2. The number of allylic oxidation sites excluding steroid dienone is 4. The van der Waals surface area contributed by atoms with Crippen LogP contribution in [0.5, 0.6) is 0 Å². The molecular weight excluding hydrogens is 717 g/mol. The Morgan fingerprint density at radius 2 is 1.13 bits per heavy atom. The first-order chi connectivity index (χ1) is 26.0. The highest BCUT2D eigenvalue weighted by Gasteiger charge is 2.46. The fourth-order valence-electron chi connectivity index (χ4n) is 6.22. The van der Waals surface area contributed by atoms with Crippen molar-refractivity contribution in [3.63, 3.8) is 0 Å². The molecule has 0 radical (unpaired) electrons. The SMILES string of the molecule is CCCC/C=C/C/C=C/CCCCCCCC(=O)O[C@H](COC(=O)CCCCCCCCCCCCCC)CO[C@H]1O[C@H](CS(=O)(=O)O)[C@@H](O)C(O)C1O. The standard InChI is InChI=1S/C41H74O12S/c1-3-5-7-9-11-13-15-17-18-20-22-24-26-28-30-37(43)52-34(32-51-41-40(46)39(45)38(44)35(53-41)33-54(47,48)49)31-50-36(42)29-27-25-23-21-19-16-14-12-10-8-6-4-2/h9,11,15,17,34-35,38-41,44-46H,3-8,10,12-14,16,18-33H2,1-2H3,(H,47,48,49)/b11-9+,17-15+/t34-,35-,38-,39?,40?,41+/m1/s1. The van der Waals surface area contributed by atoms with Crippen LogP contribution in [0.25, 0.3) is 0 Å². The number of hydrogen-bond acceptors (Lipinski definition) is 11. The van der Waals surface area contributed by atoms with Crippen LogP contribution in [-0.2, 0) is 38.7 Å². The summed E-state index contributed by atoms with van der Waals surface area (Å²) < 4.78 is 53.9. The number of aliphatic hydroxyl groups excluding tert-OH is 3. The summed E-state index contributed by atoms with van der Waals surface area (Å²) in [5.74, 6) is -2.00. The molecule has 0 aromatic heterocycles. The summed E-state index contributed by atoms with van der Waals surface area (Å²) in [7, 11) is -4.60. The van der Waals surface area contributed by atoms with Crippen LogP contribution in [0.2, 0.25) is 0 Å². The predicted octanol–water partition coefficient (Wildman–Crippen LogP) is 7.67.